The van der Waals surface area contributed by atoms with Gasteiger partial charge in [-0.25, -0.2) is 4.99 Å². The van der Waals surface area contributed by atoms with Crippen molar-refractivity contribution in [2.24, 2.45) is 4.99 Å². The number of non-ortho nitro benzene ring substituents is 1. The molecule has 0 fully saturated rings. The number of hydrogen-bond acceptors (Lipinski definition) is 8. The third-order valence-corrected chi connectivity index (χ3v) is 7.98. The highest BCUT2D eigenvalue weighted by Crippen LogP contribution is 2.36. The Hall–Kier alpha value is -4.77. The molecule has 0 radical (unpaired) electrons. The topological polar surface area (TPSA) is 120 Å². The fourth-order valence-corrected chi connectivity index (χ4v) is 5.95. The van der Waals surface area contributed by atoms with Gasteiger partial charge in [-0.3, -0.25) is 24.3 Å². The first kappa shape index (κ1) is 27.8. The second-order valence-corrected chi connectivity index (χ2v) is 10.3. The number of methoxy groups -OCH3 is 1. The molecule has 2 aromatic carbocycles. The summed E-state index contributed by atoms with van der Waals surface area (Å²) >= 11 is 1.21. The molecule has 0 spiro atoms. The molecule has 1 aliphatic heterocycles. The number of aromatic nitrogens is 1. The van der Waals surface area contributed by atoms with Gasteiger partial charge in [0.15, 0.2) is 4.80 Å². The SMILES string of the molecule is CCN(CC)C(=O)C1=C(C)N=c2s/c(=C/c3ccc(-c4ccc([N+](=O)[O-])cc4)o3)c(=O)n2[C@H]1c1ccccc1OC. The van der Waals surface area contributed by atoms with E-state index in [-0.39, 0.29) is 17.2 Å². The van der Waals surface area contributed by atoms with Gasteiger partial charge in [0.2, 0.25) is 0 Å². The van der Waals surface area contributed by atoms with Crippen LogP contribution in [-0.4, -0.2) is 40.5 Å². The standard InChI is InChI=1S/C30H28N4O6S/c1-5-32(6-2)29(36)26-18(3)31-30-33(27(26)22-9-7-8-10-24(22)39-4)28(35)25(41-30)17-21-15-16-23(40-21)19-11-13-20(14-12-19)34(37)38/h7-17,27H,5-6H2,1-4H3/b25-17+/t27-/m0/s1. The summed E-state index contributed by atoms with van der Waals surface area (Å²) in [6.07, 6.45) is 1.64. The highest BCUT2D eigenvalue weighted by Gasteiger charge is 2.35. The second-order valence-electron chi connectivity index (χ2n) is 9.31. The Balaban J connectivity index is 1.63. The number of amides is 1. The van der Waals surface area contributed by atoms with Gasteiger partial charge in [-0.05, 0) is 51.1 Å². The van der Waals surface area contributed by atoms with Crippen LogP contribution in [0.25, 0.3) is 17.4 Å². The van der Waals surface area contributed by atoms with Crippen LogP contribution >= 0.6 is 11.3 Å². The van der Waals surface area contributed by atoms with Crippen LogP contribution in [0, 0.1) is 10.1 Å². The molecule has 11 heteroatoms. The normalized spacial score (nSPS) is 14.9. The molecule has 3 heterocycles. The lowest BCUT2D eigenvalue weighted by molar-refractivity contribution is -0.384. The average Bonchev–Trinajstić information content (AvgIpc) is 3.57. The van der Waals surface area contributed by atoms with Crippen LogP contribution in [0.2, 0.25) is 0 Å². The Morgan fingerprint density at radius 2 is 1.85 bits per heavy atom. The monoisotopic (exact) mass is 572 g/mol. The Labute approximate surface area is 239 Å². The van der Waals surface area contributed by atoms with Crippen molar-refractivity contribution in [3.8, 4) is 17.1 Å². The molecular formula is C30H28N4O6S. The fourth-order valence-electron chi connectivity index (χ4n) is 4.92. The van der Waals surface area contributed by atoms with Crippen molar-refractivity contribution in [1.82, 2.24) is 9.47 Å². The number of ether oxygens (including phenoxy) is 1. The number of carbonyl (C=O) groups is 1. The summed E-state index contributed by atoms with van der Waals surface area (Å²) in [6.45, 7) is 6.66. The van der Waals surface area contributed by atoms with Gasteiger partial charge in [-0.15, -0.1) is 0 Å². The minimum absolute atomic E-state index is 0.0135. The molecule has 0 N–H and O–H groups in total. The number of furan rings is 1. The van der Waals surface area contributed by atoms with Crippen LogP contribution in [-0.2, 0) is 4.79 Å². The van der Waals surface area contributed by atoms with Gasteiger partial charge in [-0.2, -0.15) is 0 Å². The Kier molecular flexibility index (Phi) is 7.71. The van der Waals surface area contributed by atoms with Crippen molar-refractivity contribution in [2.45, 2.75) is 26.8 Å². The quantitative estimate of drug-likeness (QED) is 0.230. The minimum atomic E-state index is -0.732. The van der Waals surface area contributed by atoms with Crippen molar-refractivity contribution in [1.29, 1.82) is 0 Å². The predicted octanol–water partition coefficient (Wildman–Crippen LogP) is 4.28. The van der Waals surface area contributed by atoms with Gasteiger partial charge in [0.1, 0.15) is 23.3 Å². The maximum atomic E-state index is 14.0. The molecule has 1 atom stereocenters. The summed E-state index contributed by atoms with van der Waals surface area (Å²) in [4.78, 5) is 45.1. The lowest BCUT2D eigenvalue weighted by Gasteiger charge is -2.29. The molecule has 0 bridgehead atoms. The summed E-state index contributed by atoms with van der Waals surface area (Å²) in [5, 5.41) is 11.0. The summed E-state index contributed by atoms with van der Waals surface area (Å²) in [5.74, 6) is 1.33. The van der Waals surface area contributed by atoms with Gasteiger partial charge in [0.25, 0.3) is 17.2 Å². The van der Waals surface area contributed by atoms with Crippen molar-refractivity contribution >= 4 is 29.0 Å². The van der Waals surface area contributed by atoms with Crippen LogP contribution in [0.4, 0.5) is 5.69 Å². The van der Waals surface area contributed by atoms with E-state index < -0.39 is 11.0 Å². The fraction of sp³-hybridized carbons (Fsp3) is 0.233. The number of fused-ring (bicyclic) bond motifs is 1. The number of hydrogen-bond donors (Lipinski definition) is 0. The highest BCUT2D eigenvalue weighted by molar-refractivity contribution is 7.07. The van der Waals surface area contributed by atoms with E-state index in [1.54, 1.807) is 53.8 Å². The van der Waals surface area contributed by atoms with Crippen LogP contribution in [0.3, 0.4) is 0 Å². The molecule has 2 aromatic heterocycles. The molecule has 0 saturated heterocycles. The Morgan fingerprint density at radius 1 is 1.15 bits per heavy atom. The number of allylic oxidation sites excluding steroid dienone is 1. The first-order valence-electron chi connectivity index (χ1n) is 13.1. The summed E-state index contributed by atoms with van der Waals surface area (Å²) in [6, 6.07) is 16.1. The molecule has 1 aliphatic rings. The number of carbonyl (C=O) groups excluding carboxylic acids is 1. The average molecular weight is 573 g/mol. The first-order chi connectivity index (χ1) is 19.8. The van der Waals surface area contributed by atoms with Crippen molar-refractivity contribution in [3.63, 3.8) is 0 Å². The summed E-state index contributed by atoms with van der Waals surface area (Å²) in [7, 11) is 1.56. The zero-order valence-corrected chi connectivity index (χ0v) is 23.8. The minimum Gasteiger partial charge on any atom is -0.496 e. The zero-order valence-electron chi connectivity index (χ0n) is 23.0. The third-order valence-electron chi connectivity index (χ3n) is 7.00. The Morgan fingerprint density at radius 3 is 2.51 bits per heavy atom. The van der Waals surface area contributed by atoms with E-state index >= 15 is 0 Å². The number of nitro benzene ring substituents is 1. The third kappa shape index (κ3) is 5.11. The number of rotatable bonds is 8. The van der Waals surface area contributed by atoms with Crippen molar-refractivity contribution in [3.05, 3.63) is 113 Å². The number of nitrogens with zero attached hydrogens (tertiary/aromatic N) is 4. The van der Waals surface area contributed by atoms with Crippen LogP contribution < -0.4 is 19.6 Å². The van der Waals surface area contributed by atoms with E-state index in [9.17, 15) is 19.7 Å². The molecule has 210 valence electrons. The maximum absolute atomic E-state index is 14.0. The molecule has 10 nitrogen and oxygen atoms in total. The second kappa shape index (κ2) is 11.4. The van der Waals surface area contributed by atoms with Crippen molar-refractivity contribution in [2.75, 3.05) is 20.2 Å². The smallest absolute Gasteiger partial charge is 0.271 e. The van der Waals surface area contributed by atoms with Gasteiger partial charge in [-0.1, -0.05) is 29.5 Å². The van der Waals surface area contributed by atoms with Crippen LogP contribution in [0.1, 0.15) is 38.1 Å². The molecule has 0 unspecified atom stereocenters. The molecule has 4 aromatic rings. The predicted molar refractivity (Wildman–Crippen MR) is 155 cm³/mol. The first-order valence-corrected chi connectivity index (χ1v) is 13.9. The van der Waals surface area contributed by atoms with Crippen LogP contribution in [0.15, 0.2) is 86.1 Å². The number of thiazole rings is 1. The lowest BCUT2D eigenvalue weighted by Crippen LogP contribution is -2.43. The zero-order chi connectivity index (χ0) is 29.3. The largest absolute Gasteiger partial charge is 0.496 e. The Bertz CT molecular complexity index is 1840. The number of benzene rings is 2. The maximum Gasteiger partial charge on any atom is 0.271 e. The van der Waals surface area contributed by atoms with Gasteiger partial charge in [0.05, 0.1) is 27.8 Å². The van der Waals surface area contributed by atoms with E-state index in [1.165, 1.54) is 23.5 Å². The van der Waals surface area contributed by atoms with Gasteiger partial charge >= 0.3 is 0 Å². The highest BCUT2D eigenvalue weighted by atomic mass is 32.1. The van der Waals surface area contributed by atoms with E-state index in [0.29, 0.717) is 62.1 Å². The van der Waals surface area contributed by atoms with E-state index in [4.69, 9.17) is 14.1 Å². The van der Waals surface area contributed by atoms with Gasteiger partial charge < -0.3 is 14.1 Å². The van der Waals surface area contributed by atoms with E-state index in [1.807, 2.05) is 38.1 Å². The van der Waals surface area contributed by atoms with E-state index in [2.05, 4.69) is 0 Å². The van der Waals surface area contributed by atoms with E-state index in [0.717, 1.165) is 0 Å². The van der Waals surface area contributed by atoms with Crippen molar-refractivity contribution < 1.29 is 18.9 Å². The molecule has 5 rings (SSSR count). The molecule has 0 aliphatic carbocycles. The van der Waals surface area contributed by atoms with Gasteiger partial charge in [0, 0.05) is 42.4 Å². The lowest BCUT2D eigenvalue weighted by atomic mass is 9.94. The summed E-state index contributed by atoms with van der Waals surface area (Å²) in [5.41, 5.74) is 2.00. The number of likely N-dealkylation sites (N-methyl/N-ethyl adjacent to an activating group) is 1. The molecular weight excluding hydrogens is 544 g/mol. The molecule has 41 heavy (non-hydrogen) atoms. The molecule has 0 saturated carbocycles. The van der Waals surface area contributed by atoms with Crippen LogP contribution in [0.5, 0.6) is 5.75 Å². The summed E-state index contributed by atoms with van der Waals surface area (Å²) < 4.78 is 13.5. The number of para-hydroxylation sites is 1. The number of nitro groups is 1. The molecule has 1 amide bonds.